The number of furan rings is 4. The molecule has 19 rings (SSSR count). The molecule has 0 N–H and O–H groups in total. The molecule has 404 valence electrons. The third-order valence-corrected chi connectivity index (χ3v) is 17.3. The van der Waals surface area contributed by atoms with E-state index >= 15 is 0 Å². The van der Waals surface area contributed by atoms with Gasteiger partial charge in [-0.15, -0.1) is 0 Å². The van der Waals surface area contributed by atoms with Gasteiger partial charge in [-0.2, -0.15) is 0 Å². The molecule has 0 fully saturated rings. The lowest BCUT2D eigenvalue weighted by Gasteiger charge is -2.09. The highest BCUT2D eigenvalue weighted by molar-refractivity contribution is 6.61. The fraction of sp³-hybridized carbons (Fsp3) is 0.0256. The number of rotatable bonds is 6. The summed E-state index contributed by atoms with van der Waals surface area (Å²) in [6, 6.07) is 80.1. The highest BCUT2D eigenvalue weighted by Gasteiger charge is 2.40. The summed E-state index contributed by atoms with van der Waals surface area (Å²) in [6.07, 6.45) is 0.805. The van der Waals surface area contributed by atoms with E-state index in [0.717, 1.165) is 154 Å². The van der Waals surface area contributed by atoms with Crippen LogP contribution >= 0.6 is 0 Å². The number of para-hydroxylation sites is 4. The Bertz CT molecular complexity index is 5410. The van der Waals surface area contributed by atoms with Gasteiger partial charge in [0.25, 0.3) is 0 Å². The summed E-state index contributed by atoms with van der Waals surface area (Å²) in [5.41, 5.74) is 17.4. The minimum atomic E-state index is -0.378. The number of carbonyl (C=O) groups excluding carboxylic acids is 4. The third-order valence-electron chi connectivity index (χ3n) is 17.3. The van der Waals surface area contributed by atoms with E-state index in [1.807, 2.05) is 133 Å². The molecule has 8 nitrogen and oxygen atoms in total. The van der Waals surface area contributed by atoms with Crippen LogP contribution in [0.5, 0.6) is 0 Å². The lowest BCUT2D eigenvalue weighted by atomic mass is 9.92. The van der Waals surface area contributed by atoms with Crippen LogP contribution in [-0.2, 0) is 22.4 Å². The minimum Gasteiger partial charge on any atom is -0.456 e. The van der Waals surface area contributed by atoms with E-state index in [9.17, 15) is 19.2 Å². The van der Waals surface area contributed by atoms with Crippen molar-refractivity contribution in [2.75, 3.05) is 0 Å². The average Bonchev–Trinajstić information content (AvgIpc) is 1.68. The Labute approximate surface area is 489 Å². The number of ketones is 4. The predicted octanol–water partition coefficient (Wildman–Crippen LogP) is 19.1. The minimum absolute atomic E-state index is 0.0470. The number of hydrogen-bond donors (Lipinski definition) is 0. The topological polar surface area (TPSA) is 121 Å². The first-order valence-corrected chi connectivity index (χ1v) is 28.6. The van der Waals surface area contributed by atoms with Gasteiger partial charge in [0.15, 0.2) is 5.78 Å². The standard InChI is InChI=1S/C39H20O3.C27H18O3.C12H6O2/c40-39-35(22-15-17-32-28(19-22)24-9-1-3-13-30(24)41-32)37-26-11-5-7-21-8-6-12-27(34(21)26)38(37)36(39)23-16-18-33-29(20-23)25-10-2-4-14-31(25)42-33;28-19(13-17-9-11-26-22(15-17)20-5-1-3-7-24(20)29-26)14-18-10-12-27-23(16-18)21-6-2-4-8-25(21)30-27;13-11-8-5-1-3-7-4-2-6-9(10(7)8)12(11)14/h1-20H;1-12,15-16H,13-14H2;1-6H. The molecule has 0 aliphatic heterocycles. The third kappa shape index (κ3) is 7.63. The molecule has 0 unspecified atom stereocenters. The molecule has 4 heterocycles. The van der Waals surface area contributed by atoms with Gasteiger partial charge in [-0.25, -0.2) is 0 Å². The molecule has 0 bridgehead atoms. The Hall–Kier alpha value is -11.5. The van der Waals surface area contributed by atoms with Crippen molar-refractivity contribution in [1.29, 1.82) is 0 Å². The zero-order chi connectivity index (χ0) is 57.3. The van der Waals surface area contributed by atoms with Crippen LogP contribution < -0.4 is 0 Å². The smallest absolute Gasteiger partial charge is 0.234 e. The summed E-state index contributed by atoms with van der Waals surface area (Å²) in [5, 5.41) is 12.6. The molecular formula is C78H44O8. The molecule has 0 atom stereocenters. The number of Topliss-reactive ketones (excluding diaryl/α,β-unsaturated/α-hetero) is 4. The molecule has 86 heavy (non-hydrogen) atoms. The van der Waals surface area contributed by atoms with E-state index in [4.69, 9.17) is 17.7 Å². The van der Waals surface area contributed by atoms with Crippen LogP contribution in [0.2, 0.25) is 0 Å². The van der Waals surface area contributed by atoms with Crippen LogP contribution in [0, 0.1) is 0 Å². The van der Waals surface area contributed by atoms with Crippen molar-refractivity contribution in [2.24, 2.45) is 0 Å². The van der Waals surface area contributed by atoms with Crippen molar-refractivity contribution < 1.29 is 36.8 Å². The molecule has 0 spiro atoms. The molecule has 8 heteroatoms. The van der Waals surface area contributed by atoms with E-state index in [0.29, 0.717) is 24.0 Å². The van der Waals surface area contributed by atoms with Gasteiger partial charge in [0.1, 0.15) is 50.4 Å². The maximum absolute atomic E-state index is 14.8. The summed E-state index contributed by atoms with van der Waals surface area (Å²) in [7, 11) is 0. The molecule has 0 saturated heterocycles. The van der Waals surface area contributed by atoms with Crippen molar-refractivity contribution >= 4 is 155 Å². The molecule has 0 saturated carbocycles. The maximum atomic E-state index is 14.8. The summed E-state index contributed by atoms with van der Waals surface area (Å²) < 4.78 is 24.0. The van der Waals surface area contributed by atoms with Crippen LogP contribution in [0.1, 0.15) is 54.1 Å². The Morgan fingerprint density at radius 2 is 0.581 bits per heavy atom. The highest BCUT2D eigenvalue weighted by atomic mass is 16.3. The van der Waals surface area contributed by atoms with Crippen LogP contribution in [0.4, 0.5) is 0 Å². The highest BCUT2D eigenvalue weighted by Crippen LogP contribution is 2.57. The lowest BCUT2D eigenvalue weighted by Crippen LogP contribution is -2.06. The average molecular weight is 1110 g/mol. The van der Waals surface area contributed by atoms with Gasteiger partial charge in [0, 0.05) is 94.7 Å². The summed E-state index contributed by atoms with van der Waals surface area (Å²) in [4.78, 5) is 50.6. The van der Waals surface area contributed by atoms with Crippen LogP contribution in [-0.4, -0.2) is 23.1 Å². The quantitative estimate of drug-likeness (QED) is 0.151. The first-order valence-electron chi connectivity index (χ1n) is 28.6. The van der Waals surface area contributed by atoms with E-state index in [2.05, 4.69) is 84.9 Å². The second-order valence-electron chi connectivity index (χ2n) is 22.3. The fourth-order valence-corrected chi connectivity index (χ4v) is 13.5. The lowest BCUT2D eigenvalue weighted by molar-refractivity contribution is -0.117. The molecule has 4 aromatic heterocycles. The van der Waals surface area contributed by atoms with Crippen molar-refractivity contribution in [1.82, 2.24) is 0 Å². The number of carbonyl (C=O) groups is 4. The van der Waals surface area contributed by atoms with Gasteiger partial charge in [0.05, 0.1) is 0 Å². The van der Waals surface area contributed by atoms with E-state index in [-0.39, 0.29) is 23.1 Å². The number of allylic oxidation sites excluding steroid dienone is 4. The van der Waals surface area contributed by atoms with Crippen LogP contribution in [0.3, 0.4) is 0 Å². The van der Waals surface area contributed by atoms with Crippen LogP contribution in [0.15, 0.2) is 260 Å². The molecule has 3 aliphatic rings. The van der Waals surface area contributed by atoms with Gasteiger partial charge >= 0.3 is 0 Å². The second kappa shape index (κ2) is 19.0. The zero-order valence-electron chi connectivity index (χ0n) is 45.8. The van der Waals surface area contributed by atoms with Gasteiger partial charge in [-0.3, -0.25) is 19.2 Å². The van der Waals surface area contributed by atoms with Gasteiger partial charge in [-0.05, 0) is 122 Å². The van der Waals surface area contributed by atoms with E-state index < -0.39 is 0 Å². The molecule has 12 aromatic carbocycles. The fourth-order valence-electron chi connectivity index (χ4n) is 13.5. The molecular weight excluding hydrogens is 1060 g/mol. The number of benzene rings is 12. The normalized spacial score (nSPS) is 13.5. The van der Waals surface area contributed by atoms with E-state index in [1.165, 1.54) is 10.8 Å². The monoisotopic (exact) mass is 1110 g/mol. The Morgan fingerprint density at radius 1 is 0.267 bits per heavy atom. The Morgan fingerprint density at radius 3 is 0.965 bits per heavy atom. The first kappa shape index (κ1) is 49.2. The maximum Gasteiger partial charge on any atom is 0.234 e. The summed E-state index contributed by atoms with van der Waals surface area (Å²) >= 11 is 0. The van der Waals surface area contributed by atoms with Crippen molar-refractivity contribution in [2.45, 2.75) is 12.8 Å². The summed E-state index contributed by atoms with van der Waals surface area (Å²) in [6.45, 7) is 0. The van der Waals surface area contributed by atoms with E-state index in [1.54, 1.807) is 24.3 Å². The van der Waals surface area contributed by atoms with Crippen LogP contribution in [0.25, 0.3) is 132 Å². The van der Waals surface area contributed by atoms with Crippen molar-refractivity contribution in [3.63, 3.8) is 0 Å². The largest absolute Gasteiger partial charge is 0.456 e. The second-order valence-corrected chi connectivity index (χ2v) is 22.3. The summed E-state index contributed by atoms with van der Waals surface area (Å²) in [5.74, 6) is -0.520. The van der Waals surface area contributed by atoms with Gasteiger partial charge in [-0.1, -0.05) is 170 Å². The predicted molar refractivity (Wildman–Crippen MR) is 342 cm³/mol. The molecule has 0 amide bonds. The molecule has 3 aliphatic carbocycles. The zero-order valence-corrected chi connectivity index (χ0v) is 45.8. The Balaban J connectivity index is 0.000000114. The first-order chi connectivity index (χ1) is 42.3. The van der Waals surface area contributed by atoms with Crippen molar-refractivity contribution in [3.05, 3.63) is 287 Å². The van der Waals surface area contributed by atoms with Gasteiger partial charge < -0.3 is 17.7 Å². The SMILES string of the molecule is O=C(Cc1ccc2oc3ccccc3c2c1)Cc1ccc2oc3ccccc3c2c1.O=C1C(=O)c2cccc3cccc1c23.O=C1C(c2ccc3oc4ccccc4c3c2)=C2C(=C1c1ccc3oc4ccccc4c3c1)c1cccc3cccc2c13. The van der Waals surface area contributed by atoms with Gasteiger partial charge in [0.2, 0.25) is 11.6 Å². The molecule has 0 radical (unpaired) electrons. The number of fused-ring (bicyclic) bond motifs is 15. The molecule has 16 aromatic rings. The Kier molecular flexibility index (Phi) is 10.9. The van der Waals surface area contributed by atoms with Crippen molar-refractivity contribution in [3.8, 4) is 0 Å². The number of hydrogen-bond acceptors (Lipinski definition) is 8.